The van der Waals surface area contributed by atoms with E-state index in [1.807, 2.05) is 49.1 Å². The highest BCUT2D eigenvalue weighted by atomic mass is 16.5. The molecule has 1 saturated heterocycles. The third kappa shape index (κ3) is 5.20. The highest BCUT2D eigenvalue weighted by Crippen LogP contribution is 2.38. The molecule has 2 aromatic carbocycles. The Hall–Kier alpha value is -2.90. The van der Waals surface area contributed by atoms with Crippen LogP contribution in [0.4, 0.5) is 0 Å². The van der Waals surface area contributed by atoms with Gasteiger partial charge in [0.25, 0.3) is 5.91 Å². The summed E-state index contributed by atoms with van der Waals surface area (Å²) in [6.07, 6.45) is 2.79. The average Bonchev–Trinajstić information content (AvgIpc) is 3.03. The van der Waals surface area contributed by atoms with Crippen LogP contribution >= 0.6 is 0 Å². The number of rotatable bonds is 5. The second-order valence-electron chi connectivity index (χ2n) is 9.58. The largest absolute Gasteiger partial charge is 0.491 e. The van der Waals surface area contributed by atoms with E-state index in [2.05, 4.69) is 0 Å². The van der Waals surface area contributed by atoms with Gasteiger partial charge in [-0.25, -0.2) is 5.48 Å². The number of ether oxygens (including phenoxy) is 2. The highest BCUT2D eigenvalue weighted by molar-refractivity contribution is 5.94. The molecule has 4 rings (SSSR count). The van der Waals surface area contributed by atoms with Gasteiger partial charge in [-0.15, -0.1) is 0 Å². The molecule has 2 aliphatic rings. The lowest BCUT2D eigenvalue weighted by Crippen LogP contribution is -2.44. The zero-order valence-corrected chi connectivity index (χ0v) is 19.3. The van der Waals surface area contributed by atoms with Crippen LogP contribution in [0.3, 0.4) is 0 Å². The predicted molar refractivity (Wildman–Crippen MR) is 123 cm³/mol. The van der Waals surface area contributed by atoms with Crippen molar-refractivity contribution in [1.82, 2.24) is 10.4 Å². The quantitative estimate of drug-likeness (QED) is 0.527. The monoisotopic (exact) mass is 452 g/mol. The molecule has 0 radical (unpaired) electrons. The second-order valence-corrected chi connectivity index (χ2v) is 9.58. The third-order valence-electron chi connectivity index (χ3n) is 6.71. The number of nitrogens with zero attached hydrogens (tertiary/aromatic N) is 1. The van der Waals surface area contributed by atoms with Crippen molar-refractivity contribution in [1.29, 1.82) is 0 Å². The van der Waals surface area contributed by atoms with Crippen molar-refractivity contribution in [2.45, 2.75) is 45.7 Å². The molecule has 2 aromatic rings. The molecular formula is C26H32N2O5. The van der Waals surface area contributed by atoms with Crippen molar-refractivity contribution in [3.05, 3.63) is 65.2 Å². The van der Waals surface area contributed by atoms with Crippen LogP contribution in [0.2, 0.25) is 0 Å². The van der Waals surface area contributed by atoms with E-state index in [9.17, 15) is 9.59 Å². The molecule has 1 atom stereocenters. The number of hydrogen-bond acceptors (Lipinski definition) is 5. The van der Waals surface area contributed by atoms with Crippen LogP contribution < -0.4 is 10.2 Å². The summed E-state index contributed by atoms with van der Waals surface area (Å²) < 4.78 is 11.6. The summed E-state index contributed by atoms with van der Waals surface area (Å²) in [5, 5.41) is 8.98. The minimum atomic E-state index is -0.601. The van der Waals surface area contributed by atoms with E-state index >= 15 is 0 Å². The first-order chi connectivity index (χ1) is 15.9. The van der Waals surface area contributed by atoms with Crippen LogP contribution in [0, 0.1) is 11.3 Å². The van der Waals surface area contributed by atoms with Crippen LogP contribution in [0.1, 0.15) is 60.6 Å². The summed E-state index contributed by atoms with van der Waals surface area (Å²) in [5.41, 5.74) is 3.26. The molecular weight excluding hydrogens is 420 g/mol. The topological polar surface area (TPSA) is 88.1 Å². The van der Waals surface area contributed by atoms with Gasteiger partial charge in [0, 0.05) is 29.8 Å². The lowest BCUT2D eigenvalue weighted by atomic mass is 9.78. The van der Waals surface area contributed by atoms with Crippen molar-refractivity contribution in [3.63, 3.8) is 0 Å². The molecule has 7 heteroatoms. The van der Waals surface area contributed by atoms with Gasteiger partial charge >= 0.3 is 0 Å². The second kappa shape index (κ2) is 9.93. The van der Waals surface area contributed by atoms with Gasteiger partial charge < -0.3 is 14.4 Å². The van der Waals surface area contributed by atoms with Crippen LogP contribution in [0.5, 0.6) is 5.75 Å². The van der Waals surface area contributed by atoms with Crippen molar-refractivity contribution in [2.24, 2.45) is 11.3 Å². The minimum Gasteiger partial charge on any atom is -0.491 e. The fourth-order valence-electron chi connectivity index (χ4n) is 4.89. The van der Waals surface area contributed by atoms with E-state index in [0.717, 1.165) is 43.6 Å². The maximum Gasteiger partial charge on any atom is 0.274 e. The summed E-state index contributed by atoms with van der Waals surface area (Å²) in [6.45, 7) is 6.25. The lowest BCUT2D eigenvalue weighted by Gasteiger charge is -2.38. The van der Waals surface area contributed by atoms with Crippen molar-refractivity contribution < 1.29 is 24.3 Å². The summed E-state index contributed by atoms with van der Waals surface area (Å²) in [6, 6.07) is 14.7. The zero-order valence-electron chi connectivity index (χ0n) is 19.3. The maximum atomic E-state index is 14.0. The fraction of sp³-hybridized carbons (Fsp3) is 0.462. The first kappa shape index (κ1) is 23.3. The zero-order chi connectivity index (χ0) is 23.4. The number of benzene rings is 2. The Balaban J connectivity index is 1.65. The van der Waals surface area contributed by atoms with E-state index in [-0.39, 0.29) is 18.6 Å². The van der Waals surface area contributed by atoms with Crippen molar-refractivity contribution >= 4 is 11.8 Å². The smallest absolute Gasteiger partial charge is 0.274 e. The first-order valence-corrected chi connectivity index (χ1v) is 11.5. The number of carbonyl (C=O) groups is 2. The third-order valence-corrected chi connectivity index (χ3v) is 6.71. The molecule has 2 amide bonds. The van der Waals surface area contributed by atoms with Crippen LogP contribution in [-0.2, 0) is 16.1 Å². The Labute approximate surface area is 194 Å². The Kier molecular flexibility index (Phi) is 7.00. The molecule has 2 heterocycles. The van der Waals surface area contributed by atoms with Gasteiger partial charge in [0.05, 0.1) is 12.6 Å². The summed E-state index contributed by atoms with van der Waals surface area (Å²) >= 11 is 0. The average molecular weight is 453 g/mol. The standard InChI is InChI=1S/C26H32N2O5/c1-26(2,15-18-10-12-32-13-11-18)25(30)28-16-21-9-8-20(24(29)27-31)14-23(21)33-17-22(28)19-6-4-3-5-7-19/h3-9,14,18,22,31H,10-13,15-17H2,1-2H3,(H,27,29)/t22-/m1/s1. The number of amides is 2. The Morgan fingerprint density at radius 3 is 2.55 bits per heavy atom. The SMILES string of the molecule is CC(C)(CC1CCOCC1)C(=O)N1Cc2ccc(C(=O)NO)cc2OC[C@@H]1c1ccccc1. The van der Waals surface area contributed by atoms with E-state index in [1.165, 1.54) is 0 Å². The number of fused-ring (bicyclic) bond motifs is 1. The lowest BCUT2D eigenvalue weighted by molar-refractivity contribution is -0.145. The van der Waals surface area contributed by atoms with E-state index in [0.29, 0.717) is 23.8 Å². The molecule has 33 heavy (non-hydrogen) atoms. The Bertz CT molecular complexity index is 985. The van der Waals surface area contributed by atoms with Gasteiger partial charge in [-0.2, -0.15) is 0 Å². The number of nitrogens with one attached hydrogen (secondary N) is 1. The van der Waals surface area contributed by atoms with Gasteiger partial charge in [0.1, 0.15) is 12.4 Å². The molecule has 0 saturated carbocycles. The molecule has 2 aliphatic heterocycles. The molecule has 0 bridgehead atoms. The summed E-state index contributed by atoms with van der Waals surface area (Å²) in [7, 11) is 0. The molecule has 176 valence electrons. The molecule has 0 aromatic heterocycles. The Morgan fingerprint density at radius 2 is 1.85 bits per heavy atom. The molecule has 2 N–H and O–H groups in total. The van der Waals surface area contributed by atoms with Crippen LogP contribution in [0.25, 0.3) is 0 Å². The van der Waals surface area contributed by atoms with E-state index in [4.69, 9.17) is 14.7 Å². The number of hydrogen-bond donors (Lipinski definition) is 2. The number of carbonyl (C=O) groups excluding carboxylic acids is 2. The van der Waals surface area contributed by atoms with Crippen LogP contribution in [0.15, 0.2) is 48.5 Å². The number of hydroxylamine groups is 1. The minimum absolute atomic E-state index is 0.0940. The first-order valence-electron chi connectivity index (χ1n) is 11.5. The van der Waals surface area contributed by atoms with E-state index in [1.54, 1.807) is 23.7 Å². The predicted octanol–water partition coefficient (Wildman–Crippen LogP) is 4.11. The van der Waals surface area contributed by atoms with Crippen molar-refractivity contribution in [2.75, 3.05) is 19.8 Å². The van der Waals surface area contributed by atoms with E-state index < -0.39 is 11.3 Å². The molecule has 0 unspecified atom stereocenters. The highest BCUT2D eigenvalue weighted by Gasteiger charge is 2.39. The van der Waals surface area contributed by atoms with Crippen molar-refractivity contribution in [3.8, 4) is 5.75 Å². The van der Waals surface area contributed by atoms with Gasteiger partial charge in [0.2, 0.25) is 5.91 Å². The molecule has 1 fully saturated rings. The van der Waals surface area contributed by atoms with Gasteiger partial charge in [-0.05, 0) is 42.9 Å². The summed E-state index contributed by atoms with van der Waals surface area (Å²) in [5.74, 6) is 0.518. The summed E-state index contributed by atoms with van der Waals surface area (Å²) in [4.78, 5) is 27.8. The maximum absolute atomic E-state index is 14.0. The molecule has 0 aliphatic carbocycles. The van der Waals surface area contributed by atoms with Gasteiger partial charge in [-0.1, -0.05) is 50.2 Å². The van der Waals surface area contributed by atoms with Gasteiger partial charge in [-0.3, -0.25) is 14.8 Å². The van der Waals surface area contributed by atoms with Crippen LogP contribution in [-0.4, -0.2) is 41.7 Å². The molecule has 0 spiro atoms. The molecule has 7 nitrogen and oxygen atoms in total. The Morgan fingerprint density at radius 1 is 1.12 bits per heavy atom. The fourth-order valence-corrected chi connectivity index (χ4v) is 4.89. The van der Waals surface area contributed by atoms with Gasteiger partial charge in [0.15, 0.2) is 0 Å². The normalized spacial score (nSPS) is 19.2.